The Morgan fingerprint density at radius 2 is 2.04 bits per heavy atom. The maximum absolute atomic E-state index is 11.7. The minimum atomic E-state index is -1.99. The molecule has 0 saturated carbocycles. The Bertz CT molecular complexity index is 901. The van der Waals surface area contributed by atoms with Gasteiger partial charge in [0.1, 0.15) is 17.8 Å². The number of nitrogens with one attached hydrogen (secondary N) is 1. The summed E-state index contributed by atoms with van der Waals surface area (Å²) in [6.07, 6.45) is 4.91. The number of nitrogens with zero attached hydrogens (tertiary/aromatic N) is 2. The van der Waals surface area contributed by atoms with Crippen LogP contribution in [0.4, 0.5) is 0 Å². The Morgan fingerprint density at radius 1 is 1.21 bits per heavy atom. The van der Waals surface area contributed by atoms with E-state index in [9.17, 15) is 9.32 Å². The van der Waals surface area contributed by atoms with Crippen LogP contribution in [0.3, 0.4) is 0 Å². The second kappa shape index (κ2) is 6.70. The third kappa shape index (κ3) is 3.98. The zero-order valence-electron chi connectivity index (χ0n) is 13.7. The molecule has 0 saturated heterocycles. The van der Waals surface area contributed by atoms with Crippen LogP contribution >= 0.6 is 0 Å². The predicted molar refractivity (Wildman–Crippen MR) is 96.9 cm³/mol. The first kappa shape index (κ1) is 16.6. The molecule has 0 amide bonds. The second-order valence-corrected chi connectivity index (χ2v) is 9.76. The zero-order valence-corrected chi connectivity index (χ0v) is 14.6. The lowest BCUT2D eigenvalue weighted by atomic mass is 10.1. The molecule has 6 nitrogen and oxygen atoms in total. The molecule has 1 aromatic carbocycles. The van der Waals surface area contributed by atoms with Crippen LogP contribution in [0.15, 0.2) is 41.1 Å². The summed E-state index contributed by atoms with van der Waals surface area (Å²) in [7, 11) is -1.99. The van der Waals surface area contributed by atoms with Gasteiger partial charge in [0, 0.05) is 17.9 Å². The van der Waals surface area contributed by atoms with Gasteiger partial charge in [-0.2, -0.15) is 0 Å². The Balaban J connectivity index is 1.71. The summed E-state index contributed by atoms with van der Waals surface area (Å²) in [6, 6.07) is 9.34. The predicted octanol–water partition coefficient (Wildman–Crippen LogP) is 1.96. The number of hydrogen-bond donors (Lipinski definition) is 3. The van der Waals surface area contributed by atoms with Crippen molar-refractivity contribution in [2.24, 2.45) is 0 Å². The van der Waals surface area contributed by atoms with Crippen molar-refractivity contribution in [3.63, 3.8) is 0 Å². The summed E-state index contributed by atoms with van der Waals surface area (Å²) in [4.78, 5) is 7.91. The Kier molecular flexibility index (Phi) is 4.64. The van der Waals surface area contributed by atoms with Crippen LogP contribution in [0, 0.1) is 0 Å². The van der Waals surface area contributed by atoms with Gasteiger partial charge < -0.3 is 14.8 Å². The Morgan fingerprint density at radius 3 is 2.83 bits per heavy atom. The van der Waals surface area contributed by atoms with Crippen LogP contribution in [-0.4, -0.2) is 44.1 Å². The highest BCUT2D eigenvalue weighted by molar-refractivity contribution is 8.01. The molecule has 0 bridgehead atoms. The number of hydrogen-bond acceptors (Lipinski definition) is 6. The lowest BCUT2D eigenvalue weighted by Gasteiger charge is -2.11. The maximum atomic E-state index is 11.7. The molecule has 2 heterocycles. The molecule has 0 spiro atoms. The first-order valence-corrected chi connectivity index (χ1v) is 10.5. The topological polar surface area (TPSA) is 88.2 Å². The number of aromatic hydroxyl groups is 1. The van der Waals surface area contributed by atoms with Gasteiger partial charge in [0.05, 0.1) is 17.4 Å². The fourth-order valence-electron chi connectivity index (χ4n) is 2.38. The number of thiol groups is 1. The molecule has 2 N–H and O–H groups in total. The number of furan rings is 1. The number of benzene rings is 1. The lowest BCUT2D eigenvalue weighted by Crippen LogP contribution is -2.24. The van der Waals surface area contributed by atoms with Gasteiger partial charge in [-0.15, -0.1) is 9.93 Å². The van der Waals surface area contributed by atoms with E-state index in [1.165, 1.54) is 6.33 Å². The lowest BCUT2D eigenvalue weighted by molar-refractivity contribution is 0.459. The van der Waals surface area contributed by atoms with Crippen LogP contribution in [0.25, 0.3) is 22.2 Å². The van der Waals surface area contributed by atoms with E-state index in [0.717, 1.165) is 11.3 Å². The molecule has 24 heavy (non-hydrogen) atoms. The number of rotatable bonds is 6. The molecular formula is C17H21N3O3S. The average molecular weight is 347 g/mol. The highest BCUT2D eigenvalue weighted by Gasteiger charge is 2.09. The summed E-state index contributed by atoms with van der Waals surface area (Å²) in [6.45, 7) is 1.28. The van der Waals surface area contributed by atoms with Crippen molar-refractivity contribution in [1.29, 1.82) is 0 Å². The molecule has 7 heteroatoms. The minimum absolute atomic E-state index is 0.0427. The van der Waals surface area contributed by atoms with E-state index in [4.69, 9.17) is 4.42 Å². The van der Waals surface area contributed by atoms with Crippen LogP contribution in [0.1, 0.15) is 5.76 Å². The van der Waals surface area contributed by atoms with Gasteiger partial charge in [-0.05, 0) is 42.8 Å². The number of aromatic nitrogens is 2. The van der Waals surface area contributed by atoms with Crippen molar-refractivity contribution in [3.8, 4) is 17.2 Å². The minimum Gasteiger partial charge on any atom is -0.493 e. The average Bonchev–Trinajstić information content (AvgIpc) is 3.00. The molecule has 0 aliphatic rings. The van der Waals surface area contributed by atoms with Crippen molar-refractivity contribution in [2.75, 3.05) is 24.8 Å². The highest BCUT2D eigenvalue weighted by atomic mass is 32.2. The maximum Gasteiger partial charge on any atom is 0.221 e. The van der Waals surface area contributed by atoms with Gasteiger partial charge in [0.25, 0.3) is 0 Å². The van der Waals surface area contributed by atoms with Crippen molar-refractivity contribution in [1.82, 2.24) is 15.3 Å². The fraction of sp³-hybridized carbons (Fsp3) is 0.294. The Hall–Kier alpha value is -2.25. The Labute approximate surface area is 141 Å². The summed E-state index contributed by atoms with van der Waals surface area (Å²) in [5.74, 6) is 2.15. The van der Waals surface area contributed by atoms with E-state index in [-0.39, 0.29) is 5.88 Å². The largest absolute Gasteiger partial charge is 0.493 e. The molecule has 0 aliphatic carbocycles. The normalized spacial score (nSPS) is 12.6. The monoisotopic (exact) mass is 347 g/mol. The number of fused-ring (bicyclic) bond motifs is 1. The molecule has 0 fully saturated rings. The zero-order chi connectivity index (χ0) is 17.2. The van der Waals surface area contributed by atoms with E-state index in [0.29, 0.717) is 35.5 Å². The van der Waals surface area contributed by atoms with Crippen molar-refractivity contribution in [2.45, 2.75) is 6.54 Å². The van der Waals surface area contributed by atoms with Gasteiger partial charge in [0.15, 0.2) is 0 Å². The molecule has 3 rings (SSSR count). The van der Waals surface area contributed by atoms with Crippen LogP contribution in [-0.2, 0) is 16.5 Å². The van der Waals surface area contributed by atoms with E-state index in [2.05, 4.69) is 15.3 Å². The summed E-state index contributed by atoms with van der Waals surface area (Å²) < 4.78 is 17.5. The third-order valence-corrected chi connectivity index (χ3v) is 4.99. The first-order chi connectivity index (χ1) is 11.4. The van der Waals surface area contributed by atoms with Gasteiger partial charge in [-0.1, -0.05) is 0 Å². The summed E-state index contributed by atoms with van der Waals surface area (Å²) in [5.41, 5.74) is 1.54. The smallest absolute Gasteiger partial charge is 0.221 e. The van der Waals surface area contributed by atoms with Crippen LogP contribution < -0.4 is 5.32 Å². The quantitative estimate of drug-likeness (QED) is 0.467. The molecule has 128 valence electrons. The molecule has 0 radical (unpaired) electrons. The van der Waals surface area contributed by atoms with E-state index >= 15 is 0 Å². The van der Waals surface area contributed by atoms with Gasteiger partial charge >= 0.3 is 0 Å². The SMILES string of the molecule is C[SH](C)(=O)CCNCc1ccc(-c2ccc3ncnc(O)c3c2)o1. The van der Waals surface area contributed by atoms with Crippen molar-refractivity contribution >= 4 is 20.8 Å². The molecule has 2 aromatic heterocycles. The molecule has 0 unspecified atom stereocenters. The standard InChI is InChI=1S/C17H21N3O3S/c1-24(2,22)8-7-18-10-13-4-6-16(23-13)12-3-5-15-14(9-12)17(21)20-11-19-15/h3-6,9,11,18,24H,7-8,10H2,1-2H3,(H,19,20,21). The van der Waals surface area contributed by atoms with Crippen LogP contribution in [0.2, 0.25) is 0 Å². The summed E-state index contributed by atoms with van der Waals surface area (Å²) in [5, 5.41) is 13.7. The van der Waals surface area contributed by atoms with Gasteiger partial charge in [-0.25, -0.2) is 9.97 Å². The molecule has 0 atom stereocenters. The molecular weight excluding hydrogens is 326 g/mol. The first-order valence-electron chi connectivity index (χ1n) is 7.70. The fourth-order valence-corrected chi connectivity index (χ4v) is 3.08. The van der Waals surface area contributed by atoms with E-state index in [1.807, 2.05) is 30.3 Å². The van der Waals surface area contributed by atoms with Crippen molar-refractivity contribution < 1.29 is 13.7 Å². The summed E-state index contributed by atoms with van der Waals surface area (Å²) >= 11 is 0. The van der Waals surface area contributed by atoms with Gasteiger partial charge in [0.2, 0.25) is 5.88 Å². The van der Waals surface area contributed by atoms with Gasteiger partial charge in [-0.3, -0.25) is 4.21 Å². The van der Waals surface area contributed by atoms with Crippen LogP contribution in [0.5, 0.6) is 5.88 Å². The third-order valence-electron chi connectivity index (χ3n) is 3.69. The molecule has 0 aliphatic heterocycles. The highest BCUT2D eigenvalue weighted by Crippen LogP contribution is 2.28. The van der Waals surface area contributed by atoms with Crippen molar-refractivity contribution in [3.05, 3.63) is 42.4 Å². The van der Waals surface area contributed by atoms with E-state index in [1.54, 1.807) is 12.5 Å². The second-order valence-electron chi connectivity index (χ2n) is 6.17. The van der Waals surface area contributed by atoms with E-state index < -0.39 is 9.93 Å². The molecule has 3 aromatic rings.